The number of fused-ring (bicyclic) bond motifs is 4. The molecule has 38 heavy (non-hydrogen) atoms. The Kier molecular flexibility index (Phi) is 5.59. The minimum atomic E-state index is -5.20. The number of benzene rings is 3. The monoisotopic (exact) mass is 532 g/mol. The Labute approximate surface area is 216 Å². The van der Waals surface area contributed by atoms with Gasteiger partial charge in [0.1, 0.15) is 17.1 Å². The first-order valence-electron chi connectivity index (χ1n) is 11.9. The van der Waals surface area contributed by atoms with Crippen LogP contribution in [0.5, 0.6) is 11.5 Å². The van der Waals surface area contributed by atoms with E-state index in [0.29, 0.717) is 69.6 Å². The first kappa shape index (κ1) is 24.0. The second-order valence-electron chi connectivity index (χ2n) is 9.03. The smallest absolute Gasteiger partial charge is 0.488 e. The molecule has 1 fully saturated rings. The minimum absolute atomic E-state index is 0.0567. The number of hydrogen-bond acceptors (Lipinski definition) is 7. The van der Waals surface area contributed by atoms with Crippen molar-refractivity contribution in [2.75, 3.05) is 19.7 Å². The zero-order valence-corrected chi connectivity index (χ0v) is 20.9. The number of nitrogens with one attached hydrogen (secondary N) is 2. The normalized spacial score (nSPS) is 14.0. The summed E-state index contributed by atoms with van der Waals surface area (Å²) in [5, 5.41) is 14.3. The number of H-pyrrole nitrogens is 1. The van der Waals surface area contributed by atoms with E-state index in [1.165, 1.54) is 12.1 Å². The van der Waals surface area contributed by atoms with Crippen LogP contribution in [-0.2, 0) is 10.5 Å². The highest BCUT2D eigenvalue weighted by Crippen LogP contribution is 2.38. The van der Waals surface area contributed by atoms with Crippen LogP contribution >= 0.6 is 0 Å². The summed E-state index contributed by atoms with van der Waals surface area (Å²) < 4.78 is 47.7. The maximum atomic E-state index is 13.9. The van der Waals surface area contributed by atoms with Crippen LogP contribution in [0.4, 0.5) is 3.89 Å². The molecule has 1 aliphatic rings. The van der Waals surface area contributed by atoms with E-state index in [-0.39, 0.29) is 17.2 Å². The number of rotatable bonds is 6. The Bertz CT molecular complexity index is 1970. The number of nitriles is 1. The van der Waals surface area contributed by atoms with Gasteiger partial charge in [-0.25, -0.2) is 0 Å². The molecule has 5 aromatic rings. The summed E-state index contributed by atoms with van der Waals surface area (Å²) in [6, 6.07) is 16.9. The molecule has 6 rings (SSSR count). The molecule has 0 saturated carbocycles. The highest BCUT2D eigenvalue weighted by Gasteiger charge is 2.26. The molecule has 0 radical (unpaired) electrons. The molecule has 0 spiro atoms. The van der Waals surface area contributed by atoms with E-state index in [1.54, 1.807) is 36.4 Å². The standard InChI is InChI=1S/C27H21FN4O5S/c1-2-36-24-11-21-23(10-20(24)16-4-3-5-18(9-16)37-38(28,34)35)32(17-13-30-14-17)27-25(26(21)33)19-7-6-15(12-29)8-22(19)31-27/h3-11,17,30-31H,2,13-14H2,1H3. The van der Waals surface area contributed by atoms with Gasteiger partial charge in [-0.15, -0.1) is 0 Å². The molecule has 3 aromatic carbocycles. The molecule has 2 N–H and O–H groups in total. The van der Waals surface area contributed by atoms with Gasteiger partial charge in [0.05, 0.1) is 40.6 Å². The van der Waals surface area contributed by atoms with Gasteiger partial charge in [-0.3, -0.25) is 4.79 Å². The topological polar surface area (TPSA) is 126 Å². The van der Waals surface area contributed by atoms with Crippen molar-refractivity contribution in [2.45, 2.75) is 13.0 Å². The molecule has 3 heterocycles. The fourth-order valence-electron chi connectivity index (χ4n) is 5.03. The van der Waals surface area contributed by atoms with E-state index in [0.717, 1.165) is 5.39 Å². The molecule has 11 heteroatoms. The van der Waals surface area contributed by atoms with E-state index in [2.05, 4.69) is 25.1 Å². The van der Waals surface area contributed by atoms with Crippen LogP contribution in [0.3, 0.4) is 0 Å². The lowest BCUT2D eigenvalue weighted by Crippen LogP contribution is -2.44. The van der Waals surface area contributed by atoms with Gasteiger partial charge in [-0.1, -0.05) is 22.1 Å². The van der Waals surface area contributed by atoms with Gasteiger partial charge in [-0.05, 0) is 48.9 Å². The summed E-state index contributed by atoms with van der Waals surface area (Å²) >= 11 is 0. The van der Waals surface area contributed by atoms with E-state index in [4.69, 9.17) is 4.74 Å². The van der Waals surface area contributed by atoms with Crippen molar-refractivity contribution in [2.24, 2.45) is 0 Å². The lowest BCUT2D eigenvalue weighted by molar-refractivity contribution is 0.341. The van der Waals surface area contributed by atoms with E-state index in [9.17, 15) is 22.4 Å². The highest BCUT2D eigenvalue weighted by atomic mass is 32.3. The van der Waals surface area contributed by atoms with E-state index in [1.807, 2.05) is 13.0 Å². The molecule has 0 aliphatic carbocycles. The zero-order valence-electron chi connectivity index (χ0n) is 20.1. The van der Waals surface area contributed by atoms with Crippen molar-refractivity contribution in [3.8, 4) is 28.7 Å². The van der Waals surface area contributed by atoms with Crippen LogP contribution in [0.25, 0.3) is 44.0 Å². The summed E-state index contributed by atoms with van der Waals surface area (Å²) in [6.07, 6.45) is 0. The Morgan fingerprint density at radius 3 is 2.63 bits per heavy atom. The lowest BCUT2D eigenvalue weighted by Gasteiger charge is -2.32. The molecule has 0 atom stereocenters. The second kappa shape index (κ2) is 8.86. The van der Waals surface area contributed by atoms with Crippen molar-refractivity contribution < 1.29 is 21.2 Å². The lowest BCUT2D eigenvalue weighted by atomic mass is 9.99. The van der Waals surface area contributed by atoms with Gasteiger partial charge >= 0.3 is 10.5 Å². The van der Waals surface area contributed by atoms with Gasteiger partial charge in [0.2, 0.25) is 0 Å². The fraction of sp³-hybridized carbons (Fsp3) is 0.185. The predicted octanol–water partition coefficient (Wildman–Crippen LogP) is 4.31. The number of nitrogens with zero attached hydrogens (tertiary/aromatic N) is 2. The SMILES string of the molecule is CCOc1cc2c(=O)c3c4ccc(C#N)cc4[nH]c3n(C3CNC3)c2cc1-c1cccc(OS(=O)(=O)F)c1. The molecule has 1 aliphatic heterocycles. The summed E-state index contributed by atoms with van der Waals surface area (Å²) in [5.74, 6) is 0.231. The van der Waals surface area contributed by atoms with Crippen LogP contribution in [0.1, 0.15) is 18.5 Å². The van der Waals surface area contributed by atoms with Crippen molar-refractivity contribution in [3.63, 3.8) is 0 Å². The average molecular weight is 533 g/mol. The van der Waals surface area contributed by atoms with Crippen LogP contribution in [0.15, 0.2) is 59.4 Å². The van der Waals surface area contributed by atoms with Crippen molar-refractivity contribution >= 4 is 43.3 Å². The molecule has 2 aromatic heterocycles. The molecule has 0 amide bonds. The van der Waals surface area contributed by atoms with Gasteiger partial charge in [0.25, 0.3) is 0 Å². The number of ether oxygens (including phenoxy) is 1. The van der Waals surface area contributed by atoms with E-state index >= 15 is 0 Å². The Balaban J connectivity index is 1.69. The molecule has 9 nitrogen and oxygen atoms in total. The highest BCUT2D eigenvalue weighted by molar-refractivity contribution is 7.81. The van der Waals surface area contributed by atoms with Gasteiger partial charge in [-0.2, -0.15) is 13.7 Å². The molecule has 0 unspecified atom stereocenters. The molecular formula is C27H21FN4O5S. The molecule has 192 valence electrons. The van der Waals surface area contributed by atoms with Gasteiger partial charge in [0.15, 0.2) is 5.43 Å². The number of pyridine rings is 1. The Morgan fingerprint density at radius 1 is 1.13 bits per heavy atom. The van der Waals surface area contributed by atoms with E-state index < -0.39 is 10.5 Å². The van der Waals surface area contributed by atoms with Crippen LogP contribution < -0.4 is 19.7 Å². The summed E-state index contributed by atoms with van der Waals surface area (Å²) in [7, 11) is -5.20. The first-order chi connectivity index (χ1) is 18.3. The number of aromatic nitrogens is 2. The van der Waals surface area contributed by atoms with Crippen molar-refractivity contribution in [1.82, 2.24) is 14.9 Å². The Morgan fingerprint density at radius 2 is 1.95 bits per heavy atom. The summed E-state index contributed by atoms with van der Waals surface area (Å²) in [4.78, 5) is 17.3. The predicted molar refractivity (Wildman–Crippen MR) is 141 cm³/mol. The molecule has 1 saturated heterocycles. The van der Waals surface area contributed by atoms with Crippen molar-refractivity contribution in [3.05, 3.63) is 70.4 Å². The average Bonchev–Trinajstić information content (AvgIpc) is 3.23. The number of hydrogen-bond donors (Lipinski definition) is 2. The first-order valence-corrected chi connectivity index (χ1v) is 13.2. The van der Waals surface area contributed by atoms with Gasteiger partial charge < -0.3 is 23.8 Å². The quantitative estimate of drug-likeness (QED) is 0.312. The van der Waals surface area contributed by atoms with Crippen molar-refractivity contribution in [1.29, 1.82) is 5.26 Å². The van der Waals surface area contributed by atoms with Gasteiger partial charge in [0, 0.05) is 29.6 Å². The van der Waals surface area contributed by atoms with Crippen LogP contribution in [-0.4, -0.2) is 37.7 Å². The second-order valence-corrected chi connectivity index (χ2v) is 9.99. The zero-order chi connectivity index (χ0) is 26.6. The van der Waals surface area contributed by atoms with Crippen LogP contribution in [0, 0.1) is 11.3 Å². The number of halogens is 1. The third-order valence-corrected chi connectivity index (χ3v) is 7.14. The van der Waals surface area contributed by atoms with Crippen LogP contribution in [0.2, 0.25) is 0 Å². The third-order valence-electron chi connectivity index (χ3n) is 6.74. The molecule has 0 bridgehead atoms. The molecular weight excluding hydrogens is 511 g/mol. The largest absolute Gasteiger partial charge is 0.493 e. The maximum Gasteiger partial charge on any atom is 0.488 e. The minimum Gasteiger partial charge on any atom is -0.493 e. The number of aromatic amines is 1. The fourth-order valence-corrected chi connectivity index (χ4v) is 5.37. The third kappa shape index (κ3) is 3.95. The Hall–Kier alpha value is -4.40. The summed E-state index contributed by atoms with van der Waals surface area (Å²) in [6.45, 7) is 3.54. The summed E-state index contributed by atoms with van der Waals surface area (Å²) in [5.41, 5.74) is 3.41. The maximum absolute atomic E-state index is 13.9.